The summed E-state index contributed by atoms with van der Waals surface area (Å²) >= 11 is 0. The average Bonchev–Trinajstić information content (AvgIpc) is 2.72. The summed E-state index contributed by atoms with van der Waals surface area (Å²) < 4.78 is 5.87. The molecule has 17 heavy (non-hydrogen) atoms. The fraction of sp³-hybridized carbons (Fsp3) is 1.00. The molecular formula is C14H28N2O. The van der Waals surface area contributed by atoms with Crippen molar-refractivity contribution >= 4 is 0 Å². The molecule has 2 aliphatic rings. The molecule has 1 heterocycles. The van der Waals surface area contributed by atoms with Gasteiger partial charge in [0.15, 0.2) is 0 Å². The number of rotatable bonds is 3. The van der Waals surface area contributed by atoms with Gasteiger partial charge in [-0.1, -0.05) is 0 Å². The van der Waals surface area contributed by atoms with E-state index in [9.17, 15) is 0 Å². The number of hydrogen-bond donors (Lipinski definition) is 1. The van der Waals surface area contributed by atoms with Gasteiger partial charge in [0.25, 0.3) is 0 Å². The number of morpholine rings is 1. The first-order valence-electron chi connectivity index (χ1n) is 7.10. The van der Waals surface area contributed by atoms with E-state index < -0.39 is 0 Å². The van der Waals surface area contributed by atoms with Crippen LogP contribution in [-0.4, -0.2) is 48.3 Å². The summed E-state index contributed by atoms with van der Waals surface area (Å²) in [4.78, 5) is 2.67. The highest BCUT2D eigenvalue weighted by Crippen LogP contribution is 2.30. The largest absolute Gasteiger partial charge is 0.375 e. The van der Waals surface area contributed by atoms with Gasteiger partial charge in [0.1, 0.15) is 0 Å². The second kappa shape index (κ2) is 5.25. The Kier molecular flexibility index (Phi) is 4.11. The zero-order valence-electron chi connectivity index (χ0n) is 11.8. The fourth-order valence-corrected chi connectivity index (χ4v) is 3.07. The van der Waals surface area contributed by atoms with Crippen LogP contribution >= 0.6 is 0 Å². The molecule has 3 unspecified atom stereocenters. The quantitative estimate of drug-likeness (QED) is 0.817. The molecule has 0 bridgehead atoms. The molecule has 2 fully saturated rings. The molecule has 1 aliphatic heterocycles. The molecule has 3 atom stereocenters. The predicted octanol–water partition coefficient (Wildman–Crippen LogP) is 2.02. The van der Waals surface area contributed by atoms with Gasteiger partial charge in [0.05, 0.1) is 12.7 Å². The second-order valence-corrected chi connectivity index (χ2v) is 6.63. The minimum Gasteiger partial charge on any atom is -0.375 e. The maximum absolute atomic E-state index is 5.87. The minimum atomic E-state index is 0.218. The van der Waals surface area contributed by atoms with Gasteiger partial charge in [0.2, 0.25) is 0 Å². The topological polar surface area (TPSA) is 24.5 Å². The van der Waals surface area contributed by atoms with Gasteiger partial charge in [-0.3, -0.25) is 4.90 Å². The zero-order valence-corrected chi connectivity index (χ0v) is 11.8. The molecule has 0 aromatic rings. The number of ether oxygens (including phenoxy) is 1. The lowest BCUT2D eigenvalue weighted by molar-refractivity contribution is -0.0692. The van der Waals surface area contributed by atoms with Crippen LogP contribution in [0.1, 0.15) is 47.0 Å². The summed E-state index contributed by atoms with van der Waals surface area (Å²) in [7, 11) is 0. The molecule has 0 amide bonds. The first-order chi connectivity index (χ1) is 7.97. The smallest absolute Gasteiger partial charge is 0.0731 e. The van der Waals surface area contributed by atoms with Gasteiger partial charge in [-0.05, 0) is 47.0 Å². The summed E-state index contributed by atoms with van der Waals surface area (Å²) in [5, 5.41) is 3.62. The predicted molar refractivity (Wildman–Crippen MR) is 71.3 cm³/mol. The molecule has 3 heteroatoms. The monoisotopic (exact) mass is 240 g/mol. The Morgan fingerprint density at radius 1 is 1.35 bits per heavy atom. The Hall–Kier alpha value is -0.120. The van der Waals surface area contributed by atoms with Gasteiger partial charge in [-0.2, -0.15) is 0 Å². The zero-order chi connectivity index (χ0) is 12.5. The summed E-state index contributed by atoms with van der Waals surface area (Å²) in [5.74, 6) is 0. The molecule has 2 rings (SSSR count). The van der Waals surface area contributed by atoms with Crippen molar-refractivity contribution in [2.24, 2.45) is 0 Å². The Morgan fingerprint density at radius 3 is 2.82 bits per heavy atom. The standard InChI is InChI=1S/C14H28N2O/c1-11(10-15-14(2,3)4)16-8-9-17-13-7-5-6-12(13)16/h11-13,15H,5-10H2,1-4H3. The van der Waals surface area contributed by atoms with Crippen molar-refractivity contribution in [3.05, 3.63) is 0 Å². The summed E-state index contributed by atoms with van der Waals surface area (Å²) in [6.07, 6.45) is 4.44. The number of nitrogens with zero attached hydrogens (tertiary/aromatic N) is 1. The van der Waals surface area contributed by atoms with Crippen molar-refractivity contribution in [3.8, 4) is 0 Å². The molecule has 3 nitrogen and oxygen atoms in total. The number of hydrogen-bond acceptors (Lipinski definition) is 3. The van der Waals surface area contributed by atoms with Crippen LogP contribution in [-0.2, 0) is 4.74 Å². The summed E-state index contributed by atoms with van der Waals surface area (Å²) in [6.45, 7) is 12.1. The highest BCUT2D eigenvalue weighted by molar-refractivity contribution is 4.92. The van der Waals surface area contributed by atoms with Gasteiger partial charge in [-0.15, -0.1) is 0 Å². The van der Waals surface area contributed by atoms with Crippen molar-refractivity contribution in [2.45, 2.75) is 70.7 Å². The maximum atomic E-state index is 5.87. The van der Waals surface area contributed by atoms with Crippen LogP contribution in [0.4, 0.5) is 0 Å². The first kappa shape index (κ1) is 13.3. The Balaban J connectivity index is 1.87. The van der Waals surface area contributed by atoms with Crippen LogP contribution in [0.25, 0.3) is 0 Å². The fourth-order valence-electron chi connectivity index (χ4n) is 3.07. The average molecular weight is 240 g/mol. The minimum absolute atomic E-state index is 0.218. The maximum Gasteiger partial charge on any atom is 0.0731 e. The molecule has 1 saturated carbocycles. The number of nitrogens with one attached hydrogen (secondary N) is 1. The highest BCUT2D eigenvalue weighted by Gasteiger charge is 2.37. The third-order valence-corrected chi connectivity index (χ3v) is 4.02. The summed E-state index contributed by atoms with van der Waals surface area (Å²) in [5.41, 5.74) is 0.218. The third-order valence-electron chi connectivity index (χ3n) is 4.02. The molecule has 0 spiro atoms. The van der Waals surface area contributed by atoms with Crippen molar-refractivity contribution in [3.63, 3.8) is 0 Å². The molecule has 1 aliphatic carbocycles. The third kappa shape index (κ3) is 3.43. The van der Waals surface area contributed by atoms with E-state index in [4.69, 9.17) is 4.74 Å². The Bertz CT molecular complexity index is 249. The van der Waals surface area contributed by atoms with E-state index in [1.165, 1.54) is 19.3 Å². The molecule has 0 radical (unpaired) electrons. The van der Waals surface area contributed by atoms with Crippen LogP contribution < -0.4 is 5.32 Å². The molecular weight excluding hydrogens is 212 g/mol. The first-order valence-corrected chi connectivity index (χ1v) is 7.10. The van der Waals surface area contributed by atoms with Gasteiger partial charge >= 0.3 is 0 Å². The summed E-state index contributed by atoms with van der Waals surface area (Å²) in [6, 6.07) is 1.30. The molecule has 100 valence electrons. The van der Waals surface area contributed by atoms with Gasteiger partial charge in [-0.25, -0.2) is 0 Å². The van der Waals surface area contributed by atoms with E-state index in [-0.39, 0.29) is 5.54 Å². The van der Waals surface area contributed by atoms with Crippen LogP contribution in [0.3, 0.4) is 0 Å². The van der Waals surface area contributed by atoms with Crippen LogP contribution in [0, 0.1) is 0 Å². The molecule has 1 saturated heterocycles. The van der Waals surface area contributed by atoms with Crippen molar-refractivity contribution in [1.82, 2.24) is 10.2 Å². The molecule has 0 aromatic carbocycles. The van der Waals surface area contributed by atoms with Crippen molar-refractivity contribution in [2.75, 3.05) is 19.7 Å². The van der Waals surface area contributed by atoms with E-state index in [2.05, 4.69) is 37.9 Å². The van der Waals surface area contributed by atoms with E-state index in [1.54, 1.807) is 0 Å². The second-order valence-electron chi connectivity index (χ2n) is 6.63. The normalized spacial score (nSPS) is 32.5. The van der Waals surface area contributed by atoms with Crippen LogP contribution in [0.5, 0.6) is 0 Å². The van der Waals surface area contributed by atoms with Crippen molar-refractivity contribution < 1.29 is 4.74 Å². The Morgan fingerprint density at radius 2 is 2.12 bits per heavy atom. The van der Waals surface area contributed by atoms with E-state index >= 15 is 0 Å². The SMILES string of the molecule is CC(CNC(C)(C)C)N1CCOC2CCCC21. The van der Waals surface area contributed by atoms with E-state index in [0.29, 0.717) is 18.2 Å². The van der Waals surface area contributed by atoms with Crippen LogP contribution in [0.2, 0.25) is 0 Å². The Labute approximate surface area is 106 Å². The lowest BCUT2D eigenvalue weighted by Crippen LogP contribution is -2.55. The molecule has 0 aromatic heterocycles. The van der Waals surface area contributed by atoms with E-state index in [1.807, 2.05) is 0 Å². The highest BCUT2D eigenvalue weighted by atomic mass is 16.5. The van der Waals surface area contributed by atoms with Crippen molar-refractivity contribution in [1.29, 1.82) is 0 Å². The van der Waals surface area contributed by atoms with Gasteiger partial charge in [0, 0.05) is 30.7 Å². The lowest BCUT2D eigenvalue weighted by Gasteiger charge is -2.42. The molecule has 1 N–H and O–H groups in total. The lowest BCUT2D eigenvalue weighted by atomic mass is 10.1. The van der Waals surface area contributed by atoms with Crippen LogP contribution in [0.15, 0.2) is 0 Å². The van der Waals surface area contributed by atoms with Gasteiger partial charge < -0.3 is 10.1 Å². The number of fused-ring (bicyclic) bond motifs is 1. The van der Waals surface area contributed by atoms with E-state index in [0.717, 1.165) is 19.7 Å².